The first kappa shape index (κ1) is 17.4. The molecule has 0 radical (unpaired) electrons. The summed E-state index contributed by atoms with van der Waals surface area (Å²) in [6, 6.07) is 0.0858. The van der Waals surface area contributed by atoms with Crippen molar-refractivity contribution >= 4 is 5.91 Å². The predicted molar refractivity (Wildman–Crippen MR) is 75.4 cm³/mol. The van der Waals surface area contributed by atoms with Crippen LogP contribution in [-0.4, -0.2) is 35.7 Å². The highest BCUT2D eigenvalue weighted by Gasteiger charge is 2.27. The molecule has 0 aromatic carbocycles. The Bertz CT molecular complexity index is 249. The Morgan fingerprint density at radius 1 is 1.28 bits per heavy atom. The number of carbonyl (C=O) groups excluding carboxylic acids is 1. The maximum absolute atomic E-state index is 11.9. The molecule has 0 aromatic rings. The van der Waals surface area contributed by atoms with E-state index < -0.39 is 0 Å². The van der Waals surface area contributed by atoms with Crippen LogP contribution >= 0.6 is 0 Å². The van der Waals surface area contributed by atoms with Crippen LogP contribution in [0.3, 0.4) is 0 Å². The molecule has 3 unspecified atom stereocenters. The van der Waals surface area contributed by atoms with Crippen molar-refractivity contribution in [2.45, 2.75) is 72.5 Å². The van der Waals surface area contributed by atoms with Crippen molar-refractivity contribution < 1.29 is 9.90 Å². The number of carbonyl (C=O) groups is 1. The first-order valence-corrected chi connectivity index (χ1v) is 6.89. The average molecular weight is 258 g/mol. The van der Waals surface area contributed by atoms with Crippen LogP contribution in [0.2, 0.25) is 0 Å². The van der Waals surface area contributed by atoms with Crippen LogP contribution in [0.4, 0.5) is 0 Å². The average Bonchev–Trinajstić information content (AvgIpc) is 2.26. The van der Waals surface area contributed by atoms with E-state index >= 15 is 0 Å². The Hall–Kier alpha value is -0.610. The van der Waals surface area contributed by atoms with Crippen molar-refractivity contribution in [1.29, 1.82) is 0 Å². The predicted octanol–water partition coefficient (Wildman–Crippen LogP) is 1.68. The second-order valence-corrected chi connectivity index (χ2v) is 6.14. The fourth-order valence-corrected chi connectivity index (χ4v) is 1.74. The third-order valence-electron chi connectivity index (χ3n) is 3.31. The van der Waals surface area contributed by atoms with E-state index in [1.54, 1.807) is 0 Å². The molecule has 1 amide bonds. The van der Waals surface area contributed by atoms with Gasteiger partial charge in [0, 0.05) is 18.7 Å². The van der Waals surface area contributed by atoms with Gasteiger partial charge in [-0.2, -0.15) is 0 Å². The van der Waals surface area contributed by atoms with Crippen LogP contribution in [-0.2, 0) is 4.79 Å². The maximum Gasteiger partial charge on any atom is 0.237 e. The smallest absolute Gasteiger partial charge is 0.237 e. The SMILES string of the molecule is CCC(C)NC(=O)C(C)NC(CCO)C(C)(C)C. The van der Waals surface area contributed by atoms with E-state index in [1.165, 1.54) is 0 Å². The molecule has 0 aliphatic carbocycles. The summed E-state index contributed by atoms with van der Waals surface area (Å²) >= 11 is 0. The third kappa shape index (κ3) is 6.36. The van der Waals surface area contributed by atoms with Crippen LogP contribution in [0.15, 0.2) is 0 Å². The van der Waals surface area contributed by atoms with Gasteiger partial charge in [0.05, 0.1) is 6.04 Å². The fourth-order valence-electron chi connectivity index (χ4n) is 1.74. The summed E-state index contributed by atoms with van der Waals surface area (Å²) < 4.78 is 0. The molecular formula is C14H30N2O2. The standard InChI is InChI=1S/C14H30N2O2/c1-7-10(2)15-13(18)11(3)16-12(8-9-17)14(4,5)6/h10-12,16-17H,7-9H2,1-6H3,(H,15,18). The zero-order chi connectivity index (χ0) is 14.3. The van der Waals surface area contributed by atoms with E-state index in [0.29, 0.717) is 6.42 Å². The van der Waals surface area contributed by atoms with E-state index in [-0.39, 0.29) is 36.1 Å². The van der Waals surface area contributed by atoms with Gasteiger partial charge in [-0.3, -0.25) is 4.79 Å². The van der Waals surface area contributed by atoms with E-state index in [1.807, 2.05) is 20.8 Å². The normalized spacial score (nSPS) is 17.1. The topological polar surface area (TPSA) is 61.4 Å². The minimum absolute atomic E-state index is 0.0215. The van der Waals surface area contributed by atoms with Crippen LogP contribution in [0.25, 0.3) is 0 Å². The lowest BCUT2D eigenvalue weighted by molar-refractivity contribution is -0.123. The second-order valence-electron chi connectivity index (χ2n) is 6.14. The Kier molecular flexibility index (Phi) is 7.48. The molecule has 0 aromatic heterocycles. The molecule has 0 saturated carbocycles. The molecule has 0 rings (SSSR count). The Balaban J connectivity index is 4.41. The second kappa shape index (κ2) is 7.74. The Labute approximate surface area is 112 Å². The molecule has 4 heteroatoms. The molecule has 0 spiro atoms. The number of aliphatic hydroxyl groups is 1. The summed E-state index contributed by atoms with van der Waals surface area (Å²) in [5.41, 5.74) is 0.0215. The van der Waals surface area contributed by atoms with Gasteiger partial charge < -0.3 is 15.7 Å². The monoisotopic (exact) mass is 258 g/mol. The highest BCUT2D eigenvalue weighted by Crippen LogP contribution is 2.22. The number of hydrogen-bond acceptors (Lipinski definition) is 3. The molecule has 0 bridgehead atoms. The number of rotatable bonds is 7. The van der Waals surface area contributed by atoms with Crippen molar-refractivity contribution in [3.8, 4) is 0 Å². The van der Waals surface area contributed by atoms with Gasteiger partial charge in [0.15, 0.2) is 0 Å². The van der Waals surface area contributed by atoms with E-state index in [0.717, 1.165) is 6.42 Å². The van der Waals surface area contributed by atoms with E-state index in [4.69, 9.17) is 5.11 Å². The Morgan fingerprint density at radius 2 is 1.83 bits per heavy atom. The summed E-state index contributed by atoms with van der Waals surface area (Å²) in [6.07, 6.45) is 1.59. The number of hydrogen-bond donors (Lipinski definition) is 3. The molecule has 4 nitrogen and oxygen atoms in total. The summed E-state index contributed by atoms with van der Waals surface area (Å²) in [5.74, 6) is 0.0246. The van der Waals surface area contributed by atoms with Crippen LogP contribution < -0.4 is 10.6 Å². The summed E-state index contributed by atoms with van der Waals surface area (Å²) in [7, 11) is 0. The molecule has 0 fully saturated rings. The summed E-state index contributed by atoms with van der Waals surface area (Å²) in [5, 5.41) is 15.4. The van der Waals surface area contributed by atoms with Gasteiger partial charge in [-0.25, -0.2) is 0 Å². The van der Waals surface area contributed by atoms with Crippen molar-refractivity contribution in [3.63, 3.8) is 0 Å². The fraction of sp³-hybridized carbons (Fsp3) is 0.929. The van der Waals surface area contributed by atoms with Crippen molar-refractivity contribution in [2.75, 3.05) is 6.61 Å². The van der Waals surface area contributed by atoms with E-state index in [9.17, 15) is 4.79 Å². The van der Waals surface area contributed by atoms with Gasteiger partial charge in [-0.15, -0.1) is 0 Å². The first-order valence-electron chi connectivity index (χ1n) is 6.89. The van der Waals surface area contributed by atoms with Gasteiger partial charge in [-0.1, -0.05) is 27.7 Å². The molecule has 0 aliphatic rings. The van der Waals surface area contributed by atoms with Gasteiger partial charge in [-0.05, 0) is 32.1 Å². The quantitative estimate of drug-likeness (QED) is 0.651. The number of amides is 1. The van der Waals surface area contributed by atoms with Crippen LogP contribution in [0.1, 0.15) is 54.4 Å². The zero-order valence-electron chi connectivity index (χ0n) is 12.7. The first-order chi connectivity index (χ1) is 8.22. The molecule has 0 aliphatic heterocycles. The summed E-state index contributed by atoms with van der Waals surface area (Å²) in [4.78, 5) is 11.9. The maximum atomic E-state index is 11.9. The lowest BCUT2D eigenvalue weighted by atomic mass is 9.84. The molecular weight excluding hydrogens is 228 g/mol. The minimum Gasteiger partial charge on any atom is -0.396 e. The van der Waals surface area contributed by atoms with E-state index in [2.05, 4.69) is 31.4 Å². The van der Waals surface area contributed by atoms with Crippen molar-refractivity contribution in [2.24, 2.45) is 5.41 Å². The minimum atomic E-state index is -0.241. The highest BCUT2D eigenvalue weighted by atomic mass is 16.3. The van der Waals surface area contributed by atoms with Crippen molar-refractivity contribution in [3.05, 3.63) is 0 Å². The molecule has 108 valence electrons. The van der Waals surface area contributed by atoms with Gasteiger partial charge in [0.25, 0.3) is 0 Å². The molecule has 3 atom stereocenters. The Morgan fingerprint density at radius 3 is 2.22 bits per heavy atom. The van der Waals surface area contributed by atoms with Gasteiger partial charge >= 0.3 is 0 Å². The number of aliphatic hydroxyl groups excluding tert-OH is 1. The molecule has 0 heterocycles. The number of nitrogens with one attached hydrogen (secondary N) is 2. The lowest BCUT2D eigenvalue weighted by Gasteiger charge is -2.33. The third-order valence-corrected chi connectivity index (χ3v) is 3.31. The van der Waals surface area contributed by atoms with Crippen LogP contribution in [0.5, 0.6) is 0 Å². The van der Waals surface area contributed by atoms with Crippen molar-refractivity contribution in [1.82, 2.24) is 10.6 Å². The van der Waals surface area contributed by atoms with Gasteiger partial charge in [0.1, 0.15) is 0 Å². The molecule has 18 heavy (non-hydrogen) atoms. The van der Waals surface area contributed by atoms with Crippen LogP contribution in [0, 0.1) is 5.41 Å². The lowest BCUT2D eigenvalue weighted by Crippen LogP contribution is -2.52. The zero-order valence-corrected chi connectivity index (χ0v) is 12.7. The molecule has 0 saturated heterocycles. The molecule has 3 N–H and O–H groups in total. The highest BCUT2D eigenvalue weighted by molar-refractivity contribution is 5.81. The van der Waals surface area contributed by atoms with Gasteiger partial charge in [0.2, 0.25) is 5.91 Å². The largest absolute Gasteiger partial charge is 0.396 e. The summed E-state index contributed by atoms with van der Waals surface area (Å²) in [6.45, 7) is 12.4.